The molecule has 1 saturated carbocycles. The van der Waals surface area contributed by atoms with Crippen LogP contribution < -0.4 is 5.32 Å². The summed E-state index contributed by atoms with van der Waals surface area (Å²) >= 11 is 5.57. The Hall–Kier alpha value is -0.850. The highest BCUT2D eigenvalue weighted by atomic mass is 35.7. The van der Waals surface area contributed by atoms with Gasteiger partial charge in [-0.2, -0.15) is 0 Å². The van der Waals surface area contributed by atoms with Crippen LogP contribution in [0.1, 0.15) is 23.2 Å². The molecule has 1 aliphatic rings. The Balaban J connectivity index is 2.43. The highest BCUT2D eigenvalue weighted by Gasteiger charge is 2.27. The van der Waals surface area contributed by atoms with E-state index in [1.165, 1.54) is 0 Å². The van der Waals surface area contributed by atoms with Crippen LogP contribution in [0.15, 0.2) is 17.0 Å². The molecule has 0 radical (unpaired) electrons. The van der Waals surface area contributed by atoms with E-state index in [4.69, 9.17) is 22.3 Å². The Morgan fingerprint density at radius 3 is 2.50 bits per heavy atom. The average molecular weight is 312 g/mol. The van der Waals surface area contributed by atoms with Gasteiger partial charge in [0.2, 0.25) is 0 Å². The van der Waals surface area contributed by atoms with Gasteiger partial charge in [-0.25, -0.2) is 12.8 Å². The Morgan fingerprint density at radius 1 is 1.39 bits per heavy atom. The second kappa shape index (κ2) is 4.68. The predicted octanol–water partition coefficient (Wildman–Crippen LogP) is 2.30. The third kappa shape index (κ3) is 2.93. The molecule has 18 heavy (non-hydrogen) atoms. The molecule has 1 aromatic carbocycles. The SMILES string of the molecule is O=C(NC1CC1)c1cc(S(=O)(=O)Cl)c(Cl)cc1F. The molecular formula is C10H8Cl2FNO3S. The maximum atomic E-state index is 13.6. The van der Waals surface area contributed by atoms with Gasteiger partial charge in [0.15, 0.2) is 0 Å². The molecule has 98 valence electrons. The van der Waals surface area contributed by atoms with Gasteiger partial charge in [-0.05, 0) is 25.0 Å². The van der Waals surface area contributed by atoms with Crippen molar-refractivity contribution in [1.82, 2.24) is 5.32 Å². The summed E-state index contributed by atoms with van der Waals surface area (Å²) in [7, 11) is 1.02. The van der Waals surface area contributed by atoms with Crippen LogP contribution in [0.3, 0.4) is 0 Å². The summed E-state index contributed by atoms with van der Waals surface area (Å²) in [5.74, 6) is -1.56. The van der Waals surface area contributed by atoms with Gasteiger partial charge in [0, 0.05) is 16.7 Å². The van der Waals surface area contributed by atoms with E-state index in [2.05, 4.69) is 5.32 Å². The van der Waals surface area contributed by atoms with Gasteiger partial charge in [-0.15, -0.1) is 0 Å². The minimum Gasteiger partial charge on any atom is -0.349 e. The summed E-state index contributed by atoms with van der Waals surface area (Å²) in [6, 6.07) is 1.64. The van der Waals surface area contributed by atoms with Crippen molar-refractivity contribution in [2.24, 2.45) is 0 Å². The normalized spacial score (nSPS) is 15.5. The minimum atomic E-state index is -4.13. The quantitative estimate of drug-likeness (QED) is 0.871. The first-order valence-corrected chi connectivity index (χ1v) is 7.72. The number of nitrogens with one attached hydrogen (secondary N) is 1. The zero-order valence-electron chi connectivity index (χ0n) is 8.91. The van der Waals surface area contributed by atoms with Crippen molar-refractivity contribution < 1.29 is 17.6 Å². The lowest BCUT2D eigenvalue weighted by molar-refractivity contribution is 0.0947. The van der Waals surface area contributed by atoms with Gasteiger partial charge < -0.3 is 5.32 Å². The van der Waals surface area contributed by atoms with Crippen molar-refractivity contribution in [1.29, 1.82) is 0 Å². The van der Waals surface area contributed by atoms with E-state index in [1.807, 2.05) is 0 Å². The van der Waals surface area contributed by atoms with E-state index >= 15 is 0 Å². The Labute approximate surface area is 112 Å². The Morgan fingerprint density at radius 2 is 2.00 bits per heavy atom. The summed E-state index contributed by atoms with van der Waals surface area (Å²) < 4.78 is 36.0. The number of benzene rings is 1. The van der Waals surface area contributed by atoms with Crippen LogP contribution in [0.25, 0.3) is 0 Å². The van der Waals surface area contributed by atoms with Crippen LogP contribution in [0, 0.1) is 5.82 Å². The van der Waals surface area contributed by atoms with E-state index in [-0.39, 0.29) is 16.6 Å². The van der Waals surface area contributed by atoms with Gasteiger partial charge in [0.05, 0.1) is 10.6 Å². The zero-order valence-corrected chi connectivity index (χ0v) is 11.2. The molecule has 2 rings (SSSR count). The number of hydrogen-bond donors (Lipinski definition) is 1. The molecular weight excluding hydrogens is 304 g/mol. The lowest BCUT2D eigenvalue weighted by atomic mass is 10.2. The molecule has 0 unspecified atom stereocenters. The first-order chi connectivity index (χ1) is 8.29. The molecule has 0 aromatic heterocycles. The van der Waals surface area contributed by atoms with Crippen molar-refractivity contribution in [2.75, 3.05) is 0 Å². The molecule has 0 atom stereocenters. The molecule has 1 N–H and O–H groups in total. The monoisotopic (exact) mass is 311 g/mol. The topological polar surface area (TPSA) is 63.2 Å². The van der Waals surface area contributed by atoms with Crippen molar-refractivity contribution in [3.05, 3.63) is 28.5 Å². The van der Waals surface area contributed by atoms with E-state index in [9.17, 15) is 17.6 Å². The smallest absolute Gasteiger partial charge is 0.262 e. The van der Waals surface area contributed by atoms with Crippen LogP contribution in [-0.2, 0) is 9.05 Å². The summed E-state index contributed by atoms with van der Waals surface area (Å²) in [4.78, 5) is 11.2. The average Bonchev–Trinajstić information content (AvgIpc) is 2.99. The third-order valence-electron chi connectivity index (χ3n) is 2.44. The van der Waals surface area contributed by atoms with E-state index in [1.54, 1.807) is 0 Å². The molecule has 0 bridgehead atoms. The van der Waals surface area contributed by atoms with E-state index in [0.29, 0.717) is 0 Å². The molecule has 0 spiro atoms. The number of hydrogen-bond acceptors (Lipinski definition) is 3. The van der Waals surface area contributed by atoms with Crippen LogP contribution >= 0.6 is 22.3 Å². The molecule has 1 aliphatic carbocycles. The van der Waals surface area contributed by atoms with Crippen molar-refractivity contribution >= 4 is 37.2 Å². The maximum absolute atomic E-state index is 13.6. The van der Waals surface area contributed by atoms with E-state index < -0.39 is 25.7 Å². The zero-order chi connectivity index (χ0) is 13.5. The molecule has 4 nitrogen and oxygen atoms in total. The number of halogens is 3. The number of carbonyl (C=O) groups is 1. The van der Waals surface area contributed by atoms with Crippen molar-refractivity contribution in [3.8, 4) is 0 Å². The highest BCUT2D eigenvalue weighted by molar-refractivity contribution is 8.13. The maximum Gasteiger partial charge on any atom is 0.262 e. The summed E-state index contributed by atoms with van der Waals surface area (Å²) in [5, 5.41) is 2.19. The van der Waals surface area contributed by atoms with Crippen molar-refractivity contribution in [3.63, 3.8) is 0 Å². The molecule has 0 saturated heterocycles. The van der Waals surface area contributed by atoms with Crippen molar-refractivity contribution in [2.45, 2.75) is 23.8 Å². The van der Waals surface area contributed by atoms with Gasteiger partial charge in [0.1, 0.15) is 10.7 Å². The van der Waals surface area contributed by atoms with Gasteiger partial charge in [-0.1, -0.05) is 11.6 Å². The van der Waals surface area contributed by atoms with Crippen LogP contribution in [0.4, 0.5) is 4.39 Å². The fourth-order valence-corrected chi connectivity index (χ4v) is 2.89. The number of amides is 1. The number of carbonyl (C=O) groups excluding carboxylic acids is 1. The predicted molar refractivity (Wildman–Crippen MR) is 64.9 cm³/mol. The molecule has 1 aromatic rings. The largest absolute Gasteiger partial charge is 0.349 e. The second-order valence-corrected chi connectivity index (χ2v) is 6.89. The first kappa shape index (κ1) is 13.6. The Bertz CT molecular complexity index is 614. The van der Waals surface area contributed by atoms with Crippen LogP contribution in [0.5, 0.6) is 0 Å². The number of rotatable bonds is 3. The molecule has 1 amide bonds. The second-order valence-electron chi connectivity index (χ2n) is 3.95. The lowest BCUT2D eigenvalue weighted by Crippen LogP contribution is -2.26. The molecule has 1 fully saturated rings. The summed E-state index contributed by atoms with van der Waals surface area (Å²) in [6.45, 7) is 0. The highest BCUT2D eigenvalue weighted by Crippen LogP contribution is 2.28. The van der Waals surface area contributed by atoms with Crippen LogP contribution in [0.2, 0.25) is 5.02 Å². The summed E-state index contributed by atoms with van der Waals surface area (Å²) in [5.41, 5.74) is -0.384. The van der Waals surface area contributed by atoms with Gasteiger partial charge >= 0.3 is 0 Å². The van der Waals surface area contributed by atoms with Gasteiger partial charge in [0.25, 0.3) is 15.0 Å². The molecule has 0 heterocycles. The van der Waals surface area contributed by atoms with E-state index in [0.717, 1.165) is 25.0 Å². The van der Waals surface area contributed by atoms with Crippen LogP contribution in [-0.4, -0.2) is 20.4 Å². The fraction of sp³-hybridized carbons (Fsp3) is 0.300. The first-order valence-electron chi connectivity index (χ1n) is 5.03. The molecule has 8 heteroatoms. The van der Waals surface area contributed by atoms with Gasteiger partial charge in [-0.3, -0.25) is 4.79 Å². The Kier molecular flexibility index (Phi) is 3.53. The lowest BCUT2D eigenvalue weighted by Gasteiger charge is -2.07. The standard InChI is InChI=1S/C10H8Cl2FNO3S/c11-7-4-8(13)6(3-9(7)18(12,16)17)10(15)14-5-1-2-5/h3-5H,1-2H2,(H,14,15). The summed E-state index contributed by atoms with van der Waals surface area (Å²) in [6.07, 6.45) is 1.67. The third-order valence-corrected chi connectivity index (χ3v) is 4.23. The fourth-order valence-electron chi connectivity index (χ4n) is 1.38. The molecule has 0 aliphatic heterocycles. The minimum absolute atomic E-state index is 0.0311.